The number of benzene rings is 2. The molecule has 0 aliphatic carbocycles. The Morgan fingerprint density at radius 1 is 1.04 bits per heavy atom. The van der Waals surface area contributed by atoms with Crippen LogP contribution in [0.4, 0.5) is 5.69 Å². The van der Waals surface area contributed by atoms with Gasteiger partial charge in [0.2, 0.25) is 5.91 Å². The maximum Gasteiger partial charge on any atom is 0.248 e. The third-order valence-electron chi connectivity index (χ3n) is 3.61. The summed E-state index contributed by atoms with van der Waals surface area (Å²) in [5, 5.41) is 2.84. The predicted octanol–water partition coefficient (Wildman–Crippen LogP) is 4.14. The number of amides is 1. The molecule has 0 heterocycles. The molecule has 5 nitrogen and oxygen atoms in total. The number of nitrogens with one attached hydrogen (secondary N) is 1. The fourth-order valence-electron chi connectivity index (χ4n) is 2.38. The summed E-state index contributed by atoms with van der Waals surface area (Å²) in [7, 11) is 3.19. The summed E-state index contributed by atoms with van der Waals surface area (Å²) in [6.45, 7) is 4.40. The quantitative estimate of drug-likeness (QED) is 0.769. The van der Waals surface area contributed by atoms with Crippen LogP contribution in [0.5, 0.6) is 17.2 Å². The normalized spacial score (nSPS) is 11.0. The minimum atomic E-state index is -0.209. The fraction of sp³-hybridized carbons (Fsp3) is 0.250. The summed E-state index contributed by atoms with van der Waals surface area (Å²) in [5.74, 6) is 1.92. The van der Waals surface area contributed by atoms with E-state index in [1.807, 2.05) is 38.1 Å². The molecule has 1 amide bonds. The van der Waals surface area contributed by atoms with Gasteiger partial charge in [0.05, 0.1) is 20.8 Å². The minimum Gasteiger partial charge on any atom is -0.497 e. The van der Waals surface area contributed by atoms with Gasteiger partial charge in [-0.05, 0) is 55.8 Å². The highest BCUT2D eigenvalue weighted by Gasteiger charge is 2.08. The highest BCUT2D eigenvalue weighted by Crippen LogP contribution is 2.30. The van der Waals surface area contributed by atoms with Crippen molar-refractivity contribution >= 4 is 17.2 Å². The molecule has 132 valence electrons. The average Bonchev–Trinajstić information content (AvgIpc) is 2.62. The Morgan fingerprint density at radius 2 is 1.72 bits per heavy atom. The first-order valence-corrected chi connectivity index (χ1v) is 8.02. The lowest BCUT2D eigenvalue weighted by Gasteiger charge is -2.11. The van der Waals surface area contributed by atoms with Gasteiger partial charge >= 0.3 is 0 Å². The van der Waals surface area contributed by atoms with Gasteiger partial charge in [0, 0.05) is 23.4 Å². The lowest BCUT2D eigenvalue weighted by Crippen LogP contribution is -2.08. The minimum absolute atomic E-state index is 0.209. The zero-order valence-corrected chi connectivity index (χ0v) is 15.0. The first-order chi connectivity index (χ1) is 12.1. The van der Waals surface area contributed by atoms with Crippen LogP contribution in [-0.2, 0) is 4.79 Å². The molecule has 0 aliphatic rings. The van der Waals surface area contributed by atoms with E-state index in [1.165, 1.54) is 0 Å². The monoisotopic (exact) mass is 341 g/mol. The van der Waals surface area contributed by atoms with Gasteiger partial charge in [0.15, 0.2) is 0 Å². The number of carbonyl (C=O) groups is 1. The van der Waals surface area contributed by atoms with Gasteiger partial charge < -0.3 is 19.5 Å². The lowest BCUT2D eigenvalue weighted by atomic mass is 10.1. The molecule has 2 rings (SSSR count). The van der Waals surface area contributed by atoms with Crippen LogP contribution in [0.2, 0.25) is 0 Å². The van der Waals surface area contributed by atoms with Crippen LogP contribution < -0.4 is 19.5 Å². The van der Waals surface area contributed by atoms with Crippen molar-refractivity contribution in [2.45, 2.75) is 13.8 Å². The number of ether oxygens (including phenoxy) is 3. The van der Waals surface area contributed by atoms with E-state index in [1.54, 1.807) is 38.5 Å². The van der Waals surface area contributed by atoms with E-state index < -0.39 is 0 Å². The third kappa shape index (κ3) is 5.01. The average molecular weight is 341 g/mol. The van der Waals surface area contributed by atoms with Gasteiger partial charge in [-0.2, -0.15) is 0 Å². The molecular formula is C20H23NO4. The van der Waals surface area contributed by atoms with Crippen LogP contribution in [-0.4, -0.2) is 26.7 Å². The van der Waals surface area contributed by atoms with Crippen molar-refractivity contribution in [2.24, 2.45) is 0 Å². The van der Waals surface area contributed by atoms with Crippen molar-refractivity contribution in [2.75, 3.05) is 26.1 Å². The van der Waals surface area contributed by atoms with Crippen molar-refractivity contribution in [3.63, 3.8) is 0 Å². The molecular weight excluding hydrogens is 318 g/mol. The van der Waals surface area contributed by atoms with Crippen LogP contribution in [0, 0.1) is 0 Å². The molecule has 0 saturated carbocycles. The SMILES string of the molecule is CCOc1ccc(NC(=O)/C=C(\C)c2ccc(OC)cc2OC)cc1. The number of rotatable bonds is 7. The van der Waals surface area contributed by atoms with E-state index in [9.17, 15) is 4.79 Å². The molecule has 0 saturated heterocycles. The van der Waals surface area contributed by atoms with Gasteiger partial charge in [0.25, 0.3) is 0 Å². The molecule has 0 aliphatic heterocycles. The van der Waals surface area contributed by atoms with Gasteiger partial charge in [-0.15, -0.1) is 0 Å². The lowest BCUT2D eigenvalue weighted by molar-refractivity contribution is -0.111. The van der Waals surface area contributed by atoms with Crippen molar-refractivity contribution < 1.29 is 19.0 Å². The Labute approximate surface area is 148 Å². The smallest absolute Gasteiger partial charge is 0.248 e. The number of allylic oxidation sites excluding steroid dienone is 1. The summed E-state index contributed by atoms with van der Waals surface area (Å²) in [6.07, 6.45) is 1.54. The Bertz CT molecular complexity index is 751. The summed E-state index contributed by atoms with van der Waals surface area (Å²) >= 11 is 0. The zero-order valence-electron chi connectivity index (χ0n) is 15.0. The van der Waals surface area contributed by atoms with E-state index in [4.69, 9.17) is 14.2 Å². The van der Waals surface area contributed by atoms with E-state index in [2.05, 4.69) is 5.32 Å². The third-order valence-corrected chi connectivity index (χ3v) is 3.61. The highest BCUT2D eigenvalue weighted by atomic mass is 16.5. The van der Waals surface area contributed by atoms with Crippen molar-refractivity contribution in [1.29, 1.82) is 0 Å². The van der Waals surface area contributed by atoms with E-state index in [-0.39, 0.29) is 5.91 Å². The summed E-state index contributed by atoms with van der Waals surface area (Å²) in [4.78, 5) is 12.2. The molecule has 0 spiro atoms. The Hall–Kier alpha value is -2.95. The number of hydrogen-bond donors (Lipinski definition) is 1. The second kappa shape index (κ2) is 8.78. The first-order valence-electron chi connectivity index (χ1n) is 8.02. The highest BCUT2D eigenvalue weighted by molar-refractivity contribution is 6.04. The Morgan fingerprint density at radius 3 is 2.32 bits per heavy atom. The molecule has 0 unspecified atom stereocenters. The second-order valence-corrected chi connectivity index (χ2v) is 5.34. The number of methoxy groups -OCH3 is 2. The molecule has 25 heavy (non-hydrogen) atoms. The molecule has 2 aromatic rings. The molecule has 0 fully saturated rings. The van der Waals surface area contributed by atoms with Crippen LogP contribution in [0.1, 0.15) is 19.4 Å². The number of hydrogen-bond acceptors (Lipinski definition) is 4. The molecule has 1 N–H and O–H groups in total. The summed E-state index contributed by atoms with van der Waals surface area (Å²) in [5.41, 5.74) is 2.34. The van der Waals surface area contributed by atoms with Crippen molar-refractivity contribution in [3.05, 3.63) is 54.1 Å². The van der Waals surface area contributed by atoms with Crippen LogP contribution in [0.15, 0.2) is 48.5 Å². The number of anilines is 1. The Balaban J connectivity index is 2.12. The summed E-state index contributed by atoms with van der Waals surface area (Å²) in [6, 6.07) is 12.7. The largest absolute Gasteiger partial charge is 0.497 e. The molecule has 0 aromatic heterocycles. The molecule has 5 heteroatoms. The standard InChI is InChI=1S/C20H23NO4/c1-5-25-16-8-6-15(7-9-16)21-20(22)12-14(2)18-11-10-17(23-3)13-19(18)24-4/h6-13H,5H2,1-4H3,(H,21,22)/b14-12+. The van der Waals surface area contributed by atoms with Gasteiger partial charge in [-0.1, -0.05) is 0 Å². The van der Waals surface area contributed by atoms with Gasteiger partial charge in [-0.25, -0.2) is 0 Å². The first kappa shape index (κ1) is 18.4. The van der Waals surface area contributed by atoms with Gasteiger partial charge in [-0.3, -0.25) is 4.79 Å². The van der Waals surface area contributed by atoms with E-state index in [0.717, 1.165) is 16.9 Å². The van der Waals surface area contributed by atoms with Crippen molar-refractivity contribution in [3.8, 4) is 17.2 Å². The topological polar surface area (TPSA) is 56.8 Å². The van der Waals surface area contributed by atoms with Crippen LogP contribution in [0.25, 0.3) is 5.57 Å². The predicted molar refractivity (Wildman–Crippen MR) is 99.4 cm³/mol. The van der Waals surface area contributed by atoms with Crippen molar-refractivity contribution in [1.82, 2.24) is 0 Å². The maximum absolute atomic E-state index is 12.2. The second-order valence-electron chi connectivity index (χ2n) is 5.34. The van der Waals surface area contributed by atoms with Crippen LogP contribution >= 0.6 is 0 Å². The van der Waals surface area contributed by atoms with Gasteiger partial charge in [0.1, 0.15) is 17.2 Å². The fourth-order valence-corrected chi connectivity index (χ4v) is 2.38. The molecule has 0 radical (unpaired) electrons. The van der Waals surface area contributed by atoms with Crippen LogP contribution in [0.3, 0.4) is 0 Å². The van der Waals surface area contributed by atoms with E-state index in [0.29, 0.717) is 23.8 Å². The van der Waals surface area contributed by atoms with E-state index >= 15 is 0 Å². The molecule has 0 bridgehead atoms. The molecule has 0 atom stereocenters. The number of carbonyl (C=O) groups excluding carboxylic acids is 1. The molecule has 2 aromatic carbocycles. The Kier molecular flexibility index (Phi) is 6.46. The maximum atomic E-state index is 12.2. The zero-order chi connectivity index (χ0) is 18.2. The summed E-state index contributed by atoms with van der Waals surface area (Å²) < 4.78 is 16.0.